The molecule has 130 valence electrons. The Bertz CT molecular complexity index is 638. The highest BCUT2D eigenvalue weighted by atomic mass is 35.5. The van der Waals surface area contributed by atoms with Crippen LogP contribution in [0.5, 0.6) is 0 Å². The lowest BCUT2D eigenvalue weighted by Crippen LogP contribution is -2.38. The first-order valence-corrected chi connectivity index (χ1v) is 9.53. The Morgan fingerprint density at radius 3 is 2.52 bits per heavy atom. The third-order valence-electron chi connectivity index (χ3n) is 3.05. The van der Waals surface area contributed by atoms with Gasteiger partial charge in [0, 0.05) is 38.9 Å². The van der Waals surface area contributed by atoms with E-state index in [4.69, 9.17) is 27.9 Å². The van der Waals surface area contributed by atoms with Crippen LogP contribution in [0, 0.1) is 0 Å². The predicted molar refractivity (Wildman–Crippen MR) is 91.7 cm³/mol. The highest BCUT2D eigenvalue weighted by molar-refractivity contribution is 7.88. The Balaban J connectivity index is 2.54. The Kier molecular flexibility index (Phi) is 8.28. The number of halogens is 2. The van der Waals surface area contributed by atoms with Gasteiger partial charge < -0.3 is 10.1 Å². The lowest BCUT2D eigenvalue weighted by Gasteiger charge is -2.20. The monoisotopic (exact) mass is 382 g/mol. The molecule has 0 spiro atoms. The third-order valence-corrected chi connectivity index (χ3v) is 5.10. The largest absolute Gasteiger partial charge is 0.385 e. The van der Waals surface area contributed by atoms with Gasteiger partial charge in [-0.3, -0.25) is 4.79 Å². The van der Waals surface area contributed by atoms with Crippen molar-refractivity contribution in [1.29, 1.82) is 0 Å². The molecule has 0 unspecified atom stereocenters. The number of sulfonamides is 1. The molecule has 0 saturated heterocycles. The van der Waals surface area contributed by atoms with Gasteiger partial charge in [0.05, 0.1) is 16.3 Å². The highest BCUT2D eigenvalue weighted by Gasteiger charge is 2.16. The Morgan fingerprint density at radius 2 is 1.96 bits per heavy atom. The summed E-state index contributed by atoms with van der Waals surface area (Å²) in [6, 6.07) is 4.55. The number of carbonyl (C=O) groups is 1. The molecule has 1 rings (SSSR count). The van der Waals surface area contributed by atoms with Crippen LogP contribution in [0.1, 0.15) is 16.8 Å². The van der Waals surface area contributed by atoms with E-state index in [1.807, 2.05) is 0 Å². The summed E-state index contributed by atoms with van der Waals surface area (Å²) in [4.78, 5) is 12.0. The molecule has 0 saturated carbocycles. The minimum Gasteiger partial charge on any atom is -0.385 e. The van der Waals surface area contributed by atoms with E-state index in [-0.39, 0.29) is 24.0 Å². The van der Waals surface area contributed by atoms with Crippen LogP contribution in [-0.2, 0) is 14.8 Å². The standard InChI is InChI=1S/C14H20Cl2N2O4S/c1-22-9-3-7-18(23(2,20)21)8-6-17-14(19)11-4-5-12(15)13(16)10-11/h4-5,10H,3,6-9H2,1-2H3,(H,17,19). The van der Waals surface area contributed by atoms with Crippen LogP contribution in [0.4, 0.5) is 0 Å². The van der Waals surface area contributed by atoms with E-state index in [0.29, 0.717) is 30.2 Å². The number of ether oxygens (including phenoxy) is 1. The molecule has 0 aliphatic rings. The minimum atomic E-state index is -3.33. The van der Waals surface area contributed by atoms with Crippen molar-refractivity contribution < 1.29 is 17.9 Å². The molecule has 1 N–H and O–H groups in total. The predicted octanol–water partition coefficient (Wildman–Crippen LogP) is 2.02. The van der Waals surface area contributed by atoms with Crippen molar-refractivity contribution in [2.75, 3.05) is 39.6 Å². The van der Waals surface area contributed by atoms with Crippen molar-refractivity contribution >= 4 is 39.1 Å². The fourth-order valence-electron chi connectivity index (χ4n) is 1.86. The molecular formula is C14H20Cl2N2O4S. The average molecular weight is 383 g/mol. The van der Waals surface area contributed by atoms with Crippen molar-refractivity contribution in [1.82, 2.24) is 9.62 Å². The average Bonchev–Trinajstić information content (AvgIpc) is 2.47. The maximum Gasteiger partial charge on any atom is 0.251 e. The van der Waals surface area contributed by atoms with E-state index in [2.05, 4.69) is 5.32 Å². The summed E-state index contributed by atoms with van der Waals surface area (Å²) in [6.45, 7) is 1.20. The molecule has 0 fully saturated rings. The summed E-state index contributed by atoms with van der Waals surface area (Å²) >= 11 is 11.7. The fraction of sp³-hybridized carbons (Fsp3) is 0.500. The van der Waals surface area contributed by atoms with Gasteiger partial charge in [0.15, 0.2) is 0 Å². The lowest BCUT2D eigenvalue weighted by molar-refractivity contribution is 0.0951. The van der Waals surface area contributed by atoms with Crippen LogP contribution in [-0.4, -0.2) is 58.2 Å². The van der Waals surface area contributed by atoms with Gasteiger partial charge >= 0.3 is 0 Å². The quantitative estimate of drug-likeness (QED) is 0.662. The molecule has 0 atom stereocenters. The van der Waals surface area contributed by atoms with Gasteiger partial charge in [-0.2, -0.15) is 0 Å². The van der Waals surface area contributed by atoms with E-state index in [1.54, 1.807) is 13.2 Å². The van der Waals surface area contributed by atoms with Crippen LogP contribution in [0.2, 0.25) is 10.0 Å². The number of amides is 1. The van der Waals surface area contributed by atoms with Crippen LogP contribution in [0.15, 0.2) is 18.2 Å². The van der Waals surface area contributed by atoms with Gasteiger partial charge in [0.25, 0.3) is 5.91 Å². The fourth-order valence-corrected chi connectivity index (χ4v) is 3.04. The van der Waals surface area contributed by atoms with E-state index in [9.17, 15) is 13.2 Å². The number of benzene rings is 1. The molecule has 0 aromatic heterocycles. The zero-order valence-electron chi connectivity index (χ0n) is 13.0. The Hall–Kier alpha value is -0.860. The smallest absolute Gasteiger partial charge is 0.251 e. The molecule has 0 heterocycles. The number of rotatable bonds is 9. The van der Waals surface area contributed by atoms with Gasteiger partial charge in [-0.15, -0.1) is 0 Å². The van der Waals surface area contributed by atoms with E-state index < -0.39 is 10.0 Å². The van der Waals surface area contributed by atoms with Crippen LogP contribution < -0.4 is 5.32 Å². The molecule has 1 aromatic carbocycles. The number of carbonyl (C=O) groups excluding carboxylic acids is 1. The number of nitrogens with zero attached hydrogens (tertiary/aromatic N) is 1. The summed E-state index contributed by atoms with van der Waals surface area (Å²) in [5, 5.41) is 3.31. The summed E-state index contributed by atoms with van der Waals surface area (Å²) < 4.78 is 29.6. The van der Waals surface area contributed by atoms with Crippen LogP contribution in [0.3, 0.4) is 0 Å². The Morgan fingerprint density at radius 1 is 1.26 bits per heavy atom. The van der Waals surface area contributed by atoms with Gasteiger partial charge in [-0.05, 0) is 24.6 Å². The number of nitrogens with one attached hydrogen (secondary N) is 1. The molecule has 0 radical (unpaired) electrons. The number of hydrogen-bond donors (Lipinski definition) is 1. The summed E-state index contributed by atoms with van der Waals surface area (Å²) in [5.74, 6) is -0.339. The second-order valence-corrected chi connectivity index (χ2v) is 7.69. The first-order valence-electron chi connectivity index (χ1n) is 6.93. The number of methoxy groups -OCH3 is 1. The topological polar surface area (TPSA) is 75.7 Å². The molecule has 6 nitrogen and oxygen atoms in total. The minimum absolute atomic E-state index is 0.190. The zero-order valence-corrected chi connectivity index (χ0v) is 15.3. The molecule has 0 aliphatic carbocycles. The van der Waals surface area contributed by atoms with Gasteiger partial charge in [-0.25, -0.2) is 12.7 Å². The van der Waals surface area contributed by atoms with Gasteiger partial charge in [0.2, 0.25) is 10.0 Å². The molecular weight excluding hydrogens is 363 g/mol. The molecule has 1 aromatic rings. The van der Waals surface area contributed by atoms with Gasteiger partial charge in [-0.1, -0.05) is 23.2 Å². The molecule has 0 bridgehead atoms. The molecule has 23 heavy (non-hydrogen) atoms. The second-order valence-electron chi connectivity index (χ2n) is 4.89. The first kappa shape index (κ1) is 20.2. The molecule has 0 aliphatic heterocycles. The van der Waals surface area contributed by atoms with Crippen molar-refractivity contribution in [3.8, 4) is 0 Å². The summed E-state index contributed by atoms with van der Waals surface area (Å²) in [7, 11) is -1.77. The van der Waals surface area contributed by atoms with E-state index >= 15 is 0 Å². The van der Waals surface area contributed by atoms with Crippen molar-refractivity contribution in [2.45, 2.75) is 6.42 Å². The van der Waals surface area contributed by atoms with E-state index in [1.165, 1.54) is 16.4 Å². The molecule has 9 heteroatoms. The van der Waals surface area contributed by atoms with E-state index in [0.717, 1.165) is 6.26 Å². The third kappa shape index (κ3) is 7.05. The summed E-state index contributed by atoms with van der Waals surface area (Å²) in [6.07, 6.45) is 1.73. The van der Waals surface area contributed by atoms with Crippen molar-refractivity contribution in [2.24, 2.45) is 0 Å². The van der Waals surface area contributed by atoms with Crippen molar-refractivity contribution in [3.05, 3.63) is 33.8 Å². The van der Waals surface area contributed by atoms with Crippen LogP contribution >= 0.6 is 23.2 Å². The zero-order chi connectivity index (χ0) is 17.5. The van der Waals surface area contributed by atoms with Crippen LogP contribution in [0.25, 0.3) is 0 Å². The van der Waals surface area contributed by atoms with Gasteiger partial charge in [0.1, 0.15) is 0 Å². The first-order chi connectivity index (χ1) is 10.8. The SMILES string of the molecule is COCCCN(CCNC(=O)c1ccc(Cl)c(Cl)c1)S(C)(=O)=O. The maximum atomic E-state index is 12.0. The number of hydrogen-bond acceptors (Lipinski definition) is 4. The lowest BCUT2D eigenvalue weighted by atomic mass is 10.2. The Labute approximate surface area is 146 Å². The summed E-state index contributed by atoms with van der Waals surface area (Å²) in [5.41, 5.74) is 0.365. The normalized spacial score (nSPS) is 11.7. The maximum absolute atomic E-state index is 12.0. The molecule has 1 amide bonds. The highest BCUT2D eigenvalue weighted by Crippen LogP contribution is 2.22. The second kappa shape index (κ2) is 9.44. The van der Waals surface area contributed by atoms with Crippen molar-refractivity contribution in [3.63, 3.8) is 0 Å².